The third-order valence-electron chi connectivity index (χ3n) is 6.70. The van der Waals surface area contributed by atoms with Crippen molar-refractivity contribution < 1.29 is 28.6 Å². The fraction of sp³-hybridized carbons (Fsp3) is 0.323. The number of likely N-dealkylation sites (tertiary alicyclic amines) is 1. The zero-order valence-electron chi connectivity index (χ0n) is 23.7. The standard InChI is InChI=1S/C31H32FN5O5/c1-31(2,3)42-30(40)36-17-5-4-6-25(36)37-19-34-27(21-9-11-22(32)12-10-21)28(37)24-15-16-33-29(35-24)41-23-13-7-20(8-14-23)18-26(38)39/h7-16,19,25H,4-6,17-18H2,1-3H3,(H,38,39). The van der Waals surface area contributed by atoms with Gasteiger partial charge in [-0.1, -0.05) is 12.1 Å². The Balaban J connectivity index is 1.54. The summed E-state index contributed by atoms with van der Waals surface area (Å²) < 4.78 is 27.3. The van der Waals surface area contributed by atoms with E-state index in [0.29, 0.717) is 46.9 Å². The van der Waals surface area contributed by atoms with Crippen LogP contribution < -0.4 is 4.74 Å². The van der Waals surface area contributed by atoms with Crippen LogP contribution in [0.4, 0.5) is 9.18 Å². The first-order chi connectivity index (χ1) is 20.1. The highest BCUT2D eigenvalue weighted by Crippen LogP contribution is 2.37. The number of benzene rings is 2. The van der Waals surface area contributed by atoms with Gasteiger partial charge in [0.05, 0.1) is 29.8 Å². The molecule has 4 aromatic rings. The summed E-state index contributed by atoms with van der Waals surface area (Å²) in [6.07, 6.45) is 4.79. The van der Waals surface area contributed by atoms with Gasteiger partial charge in [-0.25, -0.2) is 19.2 Å². The Labute approximate surface area is 242 Å². The number of aliphatic carboxylic acids is 1. The van der Waals surface area contributed by atoms with Crippen LogP contribution in [-0.4, -0.2) is 53.7 Å². The number of aromatic nitrogens is 4. The normalized spacial score (nSPS) is 15.3. The Morgan fingerprint density at radius 1 is 1.02 bits per heavy atom. The van der Waals surface area contributed by atoms with Gasteiger partial charge < -0.3 is 19.1 Å². The molecule has 1 aliphatic rings. The highest BCUT2D eigenvalue weighted by molar-refractivity contribution is 5.77. The monoisotopic (exact) mass is 573 g/mol. The molecule has 2 aromatic carbocycles. The summed E-state index contributed by atoms with van der Waals surface area (Å²) >= 11 is 0. The van der Waals surface area contributed by atoms with Crippen LogP contribution >= 0.6 is 0 Å². The van der Waals surface area contributed by atoms with E-state index in [4.69, 9.17) is 19.6 Å². The van der Waals surface area contributed by atoms with Crippen molar-refractivity contribution in [2.45, 2.75) is 58.2 Å². The van der Waals surface area contributed by atoms with Gasteiger partial charge in [-0.05, 0) is 88.1 Å². The minimum absolute atomic E-state index is 0.0731. The molecule has 0 spiro atoms. The van der Waals surface area contributed by atoms with Crippen molar-refractivity contribution in [2.24, 2.45) is 0 Å². The fourth-order valence-electron chi connectivity index (χ4n) is 4.87. The zero-order chi connectivity index (χ0) is 29.9. The van der Waals surface area contributed by atoms with Crippen molar-refractivity contribution in [3.05, 3.63) is 78.5 Å². The predicted octanol–water partition coefficient (Wildman–Crippen LogP) is 6.49. The van der Waals surface area contributed by atoms with E-state index >= 15 is 0 Å². The topological polar surface area (TPSA) is 120 Å². The van der Waals surface area contributed by atoms with E-state index in [0.717, 1.165) is 12.8 Å². The first kappa shape index (κ1) is 28.7. The number of hydrogen-bond acceptors (Lipinski definition) is 7. The number of rotatable bonds is 7. The van der Waals surface area contributed by atoms with Crippen LogP contribution in [0.5, 0.6) is 11.8 Å². The first-order valence-electron chi connectivity index (χ1n) is 13.7. The number of carbonyl (C=O) groups is 2. The minimum atomic E-state index is -0.920. The Morgan fingerprint density at radius 2 is 1.76 bits per heavy atom. The van der Waals surface area contributed by atoms with Gasteiger partial charge in [-0.2, -0.15) is 4.98 Å². The van der Waals surface area contributed by atoms with Crippen molar-refractivity contribution in [3.63, 3.8) is 0 Å². The largest absolute Gasteiger partial charge is 0.481 e. The molecule has 1 atom stereocenters. The van der Waals surface area contributed by atoms with Gasteiger partial charge >= 0.3 is 18.1 Å². The van der Waals surface area contributed by atoms with E-state index in [9.17, 15) is 14.0 Å². The van der Waals surface area contributed by atoms with Crippen LogP contribution in [0.25, 0.3) is 22.6 Å². The van der Waals surface area contributed by atoms with Crippen molar-refractivity contribution in [2.75, 3.05) is 6.54 Å². The lowest BCUT2D eigenvalue weighted by atomic mass is 10.1. The second-order valence-electron chi connectivity index (χ2n) is 11.0. The first-order valence-corrected chi connectivity index (χ1v) is 13.7. The summed E-state index contributed by atoms with van der Waals surface area (Å²) in [4.78, 5) is 39.6. The summed E-state index contributed by atoms with van der Waals surface area (Å²) in [5, 5.41) is 9.02. The van der Waals surface area contributed by atoms with E-state index in [-0.39, 0.29) is 24.4 Å². The number of nitrogens with zero attached hydrogens (tertiary/aromatic N) is 5. The molecule has 10 nitrogen and oxygen atoms in total. The van der Waals surface area contributed by atoms with Gasteiger partial charge in [0.2, 0.25) is 0 Å². The van der Waals surface area contributed by atoms with E-state index in [1.54, 1.807) is 59.9 Å². The molecule has 0 saturated carbocycles. The summed E-state index contributed by atoms with van der Waals surface area (Å²) in [5.74, 6) is -0.844. The SMILES string of the molecule is CC(C)(C)OC(=O)N1CCCCC1n1cnc(-c2ccc(F)cc2)c1-c1ccnc(Oc2ccc(CC(=O)O)cc2)n1. The number of amides is 1. The number of carboxylic acids is 1. The van der Waals surface area contributed by atoms with Crippen LogP contribution in [0.2, 0.25) is 0 Å². The second kappa shape index (κ2) is 12.0. The summed E-state index contributed by atoms with van der Waals surface area (Å²) in [6, 6.07) is 14.5. The van der Waals surface area contributed by atoms with E-state index < -0.39 is 17.7 Å². The Morgan fingerprint density at radius 3 is 2.45 bits per heavy atom. The van der Waals surface area contributed by atoms with Crippen LogP contribution in [0.1, 0.15) is 51.8 Å². The zero-order valence-corrected chi connectivity index (χ0v) is 23.7. The average molecular weight is 574 g/mol. The molecule has 5 rings (SSSR count). The molecule has 0 aliphatic carbocycles. The smallest absolute Gasteiger partial charge is 0.411 e. The number of piperidine rings is 1. The molecule has 1 N–H and O–H groups in total. The van der Waals surface area contributed by atoms with Crippen LogP contribution in [-0.2, 0) is 16.0 Å². The highest BCUT2D eigenvalue weighted by atomic mass is 19.1. The molecule has 1 fully saturated rings. The molecule has 218 valence electrons. The number of imidazole rings is 1. The molecule has 3 heterocycles. The van der Waals surface area contributed by atoms with Crippen LogP contribution in [0.15, 0.2) is 67.1 Å². The fourth-order valence-corrected chi connectivity index (χ4v) is 4.87. The predicted molar refractivity (Wildman–Crippen MR) is 152 cm³/mol. The van der Waals surface area contributed by atoms with Gasteiger partial charge in [-0.3, -0.25) is 9.69 Å². The van der Waals surface area contributed by atoms with Crippen LogP contribution in [0, 0.1) is 5.82 Å². The Bertz CT molecular complexity index is 1560. The molecule has 1 aliphatic heterocycles. The molecular weight excluding hydrogens is 541 g/mol. The average Bonchev–Trinajstić information content (AvgIpc) is 3.39. The Kier molecular flexibility index (Phi) is 8.19. The quantitative estimate of drug-likeness (QED) is 0.267. The molecule has 0 bridgehead atoms. The number of halogens is 1. The van der Waals surface area contributed by atoms with E-state index in [1.165, 1.54) is 12.1 Å². The van der Waals surface area contributed by atoms with Gasteiger partial charge in [0.25, 0.3) is 0 Å². The third kappa shape index (κ3) is 6.73. The lowest BCUT2D eigenvalue weighted by Gasteiger charge is -2.38. The summed E-state index contributed by atoms with van der Waals surface area (Å²) in [5.41, 5.74) is 2.34. The van der Waals surface area contributed by atoms with Crippen molar-refractivity contribution in [1.82, 2.24) is 24.4 Å². The molecule has 42 heavy (non-hydrogen) atoms. The maximum absolute atomic E-state index is 13.8. The molecule has 1 amide bonds. The molecule has 1 unspecified atom stereocenters. The van der Waals surface area contributed by atoms with Crippen molar-refractivity contribution in [3.8, 4) is 34.4 Å². The van der Waals surface area contributed by atoms with Crippen molar-refractivity contribution in [1.29, 1.82) is 0 Å². The van der Waals surface area contributed by atoms with Crippen LogP contribution in [0.3, 0.4) is 0 Å². The van der Waals surface area contributed by atoms with Crippen molar-refractivity contribution >= 4 is 12.1 Å². The van der Waals surface area contributed by atoms with Gasteiger partial charge in [0.1, 0.15) is 23.3 Å². The van der Waals surface area contributed by atoms with Gasteiger partial charge in [0.15, 0.2) is 0 Å². The summed E-state index contributed by atoms with van der Waals surface area (Å²) in [6.45, 7) is 6.03. The van der Waals surface area contributed by atoms with Gasteiger partial charge in [0, 0.05) is 18.3 Å². The highest BCUT2D eigenvalue weighted by Gasteiger charge is 2.34. The lowest BCUT2D eigenvalue weighted by molar-refractivity contribution is -0.136. The molecule has 0 radical (unpaired) electrons. The Hall–Kier alpha value is -4.80. The summed E-state index contributed by atoms with van der Waals surface area (Å²) in [7, 11) is 0. The number of carboxylic acid groups (broad SMARTS) is 1. The maximum atomic E-state index is 13.8. The second-order valence-corrected chi connectivity index (χ2v) is 11.0. The van der Waals surface area contributed by atoms with E-state index in [2.05, 4.69) is 9.97 Å². The number of hydrogen-bond donors (Lipinski definition) is 1. The van der Waals surface area contributed by atoms with E-state index in [1.807, 2.05) is 25.3 Å². The molecule has 11 heteroatoms. The number of carbonyl (C=O) groups excluding carboxylic acids is 1. The molecule has 1 saturated heterocycles. The lowest BCUT2D eigenvalue weighted by Crippen LogP contribution is -2.44. The minimum Gasteiger partial charge on any atom is -0.481 e. The van der Waals surface area contributed by atoms with Gasteiger partial charge in [-0.15, -0.1) is 0 Å². The maximum Gasteiger partial charge on any atom is 0.411 e. The molecular formula is C31H32FN5O5. The number of ether oxygens (including phenoxy) is 2. The molecule has 2 aromatic heterocycles. The third-order valence-corrected chi connectivity index (χ3v) is 6.70.